The smallest absolute Gasteiger partial charge is 0.324 e. The van der Waals surface area contributed by atoms with Crippen molar-refractivity contribution in [2.24, 2.45) is 5.41 Å². The molecular formula is C12H14N2O4S. The van der Waals surface area contributed by atoms with Crippen molar-refractivity contribution < 1.29 is 19.1 Å². The first-order chi connectivity index (χ1) is 8.86. The van der Waals surface area contributed by atoms with Crippen LogP contribution in [0, 0.1) is 5.41 Å². The van der Waals surface area contributed by atoms with Crippen LogP contribution in [-0.4, -0.2) is 23.0 Å². The highest BCUT2D eigenvalue weighted by Gasteiger charge is 2.65. The first-order valence-electron chi connectivity index (χ1n) is 6.02. The lowest BCUT2D eigenvalue weighted by Gasteiger charge is -2.20. The van der Waals surface area contributed by atoms with Crippen LogP contribution in [0.5, 0.6) is 0 Å². The molecule has 102 valence electrons. The maximum atomic E-state index is 12.2. The van der Waals surface area contributed by atoms with Gasteiger partial charge in [-0.25, -0.2) is 4.98 Å². The molecule has 0 radical (unpaired) electrons. The molecule has 0 unspecified atom stereocenters. The van der Waals surface area contributed by atoms with Gasteiger partial charge in [-0.1, -0.05) is 0 Å². The van der Waals surface area contributed by atoms with Crippen molar-refractivity contribution in [1.82, 2.24) is 4.98 Å². The van der Waals surface area contributed by atoms with Crippen LogP contribution in [0.2, 0.25) is 0 Å². The summed E-state index contributed by atoms with van der Waals surface area (Å²) in [7, 11) is 0. The number of ether oxygens (including phenoxy) is 2. The van der Waals surface area contributed by atoms with Crippen LogP contribution in [0.4, 0.5) is 5.13 Å². The third kappa shape index (κ3) is 1.64. The van der Waals surface area contributed by atoms with E-state index in [2.05, 4.69) is 4.98 Å². The molecule has 0 bridgehead atoms. The van der Waals surface area contributed by atoms with Crippen LogP contribution in [-0.2, 0) is 24.7 Å². The van der Waals surface area contributed by atoms with Gasteiger partial charge in [0.1, 0.15) is 6.10 Å². The van der Waals surface area contributed by atoms with Gasteiger partial charge in [-0.3, -0.25) is 9.59 Å². The Bertz CT molecular complexity index is 572. The molecule has 0 aromatic carbocycles. The molecule has 2 aliphatic heterocycles. The van der Waals surface area contributed by atoms with Crippen molar-refractivity contribution in [2.75, 3.05) is 5.73 Å². The summed E-state index contributed by atoms with van der Waals surface area (Å²) in [6.07, 6.45) is 0.355. The van der Waals surface area contributed by atoms with E-state index in [-0.39, 0.29) is 12.5 Å². The third-order valence-corrected chi connectivity index (χ3v) is 4.42. The zero-order chi connectivity index (χ0) is 13.8. The van der Waals surface area contributed by atoms with Crippen molar-refractivity contribution in [3.63, 3.8) is 0 Å². The van der Waals surface area contributed by atoms with Crippen LogP contribution in [0.3, 0.4) is 0 Å². The van der Waals surface area contributed by atoms with E-state index in [9.17, 15) is 9.59 Å². The fraction of sp³-hybridized carbons (Fsp3) is 0.583. The van der Waals surface area contributed by atoms with Gasteiger partial charge in [-0.05, 0) is 13.8 Å². The lowest BCUT2D eigenvalue weighted by Crippen LogP contribution is -2.31. The van der Waals surface area contributed by atoms with Gasteiger partial charge in [-0.2, -0.15) is 0 Å². The number of carbonyl (C=O) groups excluding carboxylic acids is 2. The Kier molecular flexibility index (Phi) is 2.41. The molecule has 0 saturated carbocycles. The first kappa shape index (κ1) is 12.4. The van der Waals surface area contributed by atoms with Crippen LogP contribution in [0.1, 0.15) is 32.4 Å². The number of nitrogens with two attached hydrogens (primary N) is 1. The Labute approximate surface area is 113 Å². The Morgan fingerprint density at radius 2 is 2.21 bits per heavy atom. The van der Waals surface area contributed by atoms with E-state index in [0.29, 0.717) is 17.2 Å². The van der Waals surface area contributed by atoms with E-state index in [1.54, 1.807) is 19.2 Å². The molecule has 0 aliphatic carbocycles. The minimum atomic E-state index is -1.17. The summed E-state index contributed by atoms with van der Waals surface area (Å²) >= 11 is 1.28. The van der Waals surface area contributed by atoms with E-state index in [4.69, 9.17) is 15.2 Å². The Hall–Kier alpha value is -1.63. The average Bonchev–Trinajstić information content (AvgIpc) is 2.91. The Balaban J connectivity index is 1.98. The second-order valence-electron chi connectivity index (χ2n) is 5.37. The number of hydrogen-bond donors (Lipinski definition) is 1. The van der Waals surface area contributed by atoms with Crippen molar-refractivity contribution in [2.45, 2.75) is 38.4 Å². The second-order valence-corrected chi connectivity index (χ2v) is 6.26. The molecule has 2 N–H and O–H groups in total. The first-order valence-corrected chi connectivity index (χ1v) is 6.90. The predicted octanol–water partition coefficient (Wildman–Crippen LogP) is 1.21. The molecule has 1 aromatic rings. The lowest BCUT2D eigenvalue weighted by atomic mass is 9.78. The summed E-state index contributed by atoms with van der Waals surface area (Å²) in [4.78, 5) is 28.3. The molecule has 1 spiro atoms. The predicted molar refractivity (Wildman–Crippen MR) is 67.2 cm³/mol. The Morgan fingerprint density at radius 1 is 1.47 bits per heavy atom. The molecule has 19 heavy (non-hydrogen) atoms. The summed E-state index contributed by atoms with van der Waals surface area (Å²) in [5, 5.41) is 2.17. The van der Waals surface area contributed by atoms with E-state index >= 15 is 0 Å². The van der Waals surface area contributed by atoms with Gasteiger partial charge in [0.2, 0.25) is 0 Å². The molecule has 2 saturated heterocycles. The quantitative estimate of drug-likeness (QED) is 0.615. The molecule has 3 atom stereocenters. The van der Waals surface area contributed by atoms with Gasteiger partial charge in [-0.15, -0.1) is 11.3 Å². The monoisotopic (exact) mass is 282 g/mol. The van der Waals surface area contributed by atoms with Crippen LogP contribution >= 0.6 is 11.3 Å². The molecule has 2 fully saturated rings. The van der Waals surface area contributed by atoms with Crippen molar-refractivity contribution in [3.05, 3.63) is 11.1 Å². The van der Waals surface area contributed by atoms with Crippen LogP contribution in [0.15, 0.2) is 5.38 Å². The van der Waals surface area contributed by atoms with Gasteiger partial charge in [0, 0.05) is 18.2 Å². The Morgan fingerprint density at radius 3 is 2.74 bits per heavy atom. The molecule has 3 rings (SSSR count). The zero-order valence-electron chi connectivity index (χ0n) is 10.6. The fourth-order valence-corrected chi connectivity index (χ4v) is 3.57. The summed E-state index contributed by atoms with van der Waals surface area (Å²) in [6.45, 7) is 3.53. The van der Waals surface area contributed by atoms with Crippen LogP contribution in [0.25, 0.3) is 0 Å². The molecule has 0 amide bonds. The number of esters is 2. The molecule has 6 nitrogen and oxygen atoms in total. The zero-order valence-corrected chi connectivity index (χ0v) is 11.5. The van der Waals surface area contributed by atoms with E-state index in [1.165, 1.54) is 11.3 Å². The molecular weight excluding hydrogens is 268 g/mol. The SMILES string of the molecule is C[C@H]1C[C@@]2(C[C@](C)(c3csc(N)n3)OC2=O)C(=O)O1. The number of rotatable bonds is 1. The minimum absolute atomic E-state index is 0.255. The number of nitrogens with zero attached hydrogens (tertiary/aromatic N) is 1. The average molecular weight is 282 g/mol. The number of aromatic nitrogens is 1. The molecule has 2 aliphatic rings. The summed E-state index contributed by atoms with van der Waals surface area (Å²) in [5.41, 5.74) is 4.12. The van der Waals surface area contributed by atoms with Gasteiger partial charge in [0.15, 0.2) is 16.1 Å². The topological polar surface area (TPSA) is 91.5 Å². The highest BCUT2D eigenvalue weighted by Crippen LogP contribution is 2.52. The number of carbonyl (C=O) groups is 2. The minimum Gasteiger partial charge on any atom is -0.462 e. The maximum Gasteiger partial charge on any atom is 0.324 e. The number of anilines is 1. The highest BCUT2D eigenvalue weighted by molar-refractivity contribution is 7.13. The third-order valence-electron chi connectivity index (χ3n) is 3.75. The van der Waals surface area contributed by atoms with Gasteiger partial charge in [0.05, 0.1) is 5.69 Å². The maximum absolute atomic E-state index is 12.2. The number of thiazole rings is 1. The lowest BCUT2D eigenvalue weighted by molar-refractivity contribution is -0.160. The number of hydrogen-bond acceptors (Lipinski definition) is 7. The van der Waals surface area contributed by atoms with Crippen molar-refractivity contribution >= 4 is 28.4 Å². The van der Waals surface area contributed by atoms with E-state index in [0.717, 1.165) is 0 Å². The number of nitrogen functional groups attached to an aromatic ring is 1. The molecule has 7 heteroatoms. The molecule has 1 aromatic heterocycles. The largest absolute Gasteiger partial charge is 0.462 e. The van der Waals surface area contributed by atoms with Gasteiger partial charge < -0.3 is 15.2 Å². The van der Waals surface area contributed by atoms with Crippen molar-refractivity contribution in [3.8, 4) is 0 Å². The summed E-state index contributed by atoms with van der Waals surface area (Å²) in [5.74, 6) is -1.01. The number of cyclic esters (lactones) is 2. The van der Waals surface area contributed by atoms with Gasteiger partial charge >= 0.3 is 11.9 Å². The van der Waals surface area contributed by atoms with E-state index in [1.807, 2.05) is 0 Å². The summed E-state index contributed by atoms with van der Waals surface area (Å²) < 4.78 is 10.6. The van der Waals surface area contributed by atoms with Crippen LogP contribution < -0.4 is 5.73 Å². The van der Waals surface area contributed by atoms with Crippen molar-refractivity contribution in [1.29, 1.82) is 0 Å². The molecule has 3 heterocycles. The second kappa shape index (κ2) is 3.69. The van der Waals surface area contributed by atoms with Gasteiger partial charge in [0.25, 0.3) is 0 Å². The summed E-state index contributed by atoms with van der Waals surface area (Å²) in [6, 6.07) is 0. The highest BCUT2D eigenvalue weighted by atomic mass is 32.1. The normalized spacial score (nSPS) is 37.7. The van der Waals surface area contributed by atoms with E-state index < -0.39 is 23.0 Å². The standard InChI is InChI=1S/C12H14N2O4S/c1-6-3-12(8(15)17-6)5-11(2,18-9(12)16)7-4-19-10(13)14-7/h4,6H,3,5H2,1-2H3,(H2,13,14)/t6-,11+,12+/m0/s1. The fourth-order valence-electron chi connectivity index (χ4n) is 2.88.